The third-order valence-corrected chi connectivity index (χ3v) is 7.56. The Balaban J connectivity index is 1.56. The zero-order valence-electron chi connectivity index (χ0n) is 14.2. The highest BCUT2D eigenvalue weighted by molar-refractivity contribution is 7.92. The number of hydrogen-bond donors (Lipinski definition) is 0. The molecule has 1 aromatic rings. The minimum atomic E-state index is -3.13. The molecule has 2 heterocycles. The van der Waals surface area contributed by atoms with E-state index in [-0.39, 0.29) is 29.2 Å². The van der Waals surface area contributed by atoms with Gasteiger partial charge in [-0.25, -0.2) is 8.42 Å². The van der Waals surface area contributed by atoms with Crippen LogP contribution in [-0.4, -0.2) is 58.1 Å². The SMILES string of the molecule is Cn1cnnc1[C@H]1CCCN(C(=O)CCS(=O)(=O)C2CCCC2)C1. The van der Waals surface area contributed by atoms with Crippen LogP contribution in [0.5, 0.6) is 0 Å². The summed E-state index contributed by atoms with van der Waals surface area (Å²) in [4.78, 5) is 14.3. The third kappa shape index (κ3) is 3.79. The second-order valence-corrected chi connectivity index (χ2v) is 9.40. The molecule has 24 heavy (non-hydrogen) atoms. The maximum Gasteiger partial charge on any atom is 0.223 e. The number of nitrogens with zero attached hydrogens (tertiary/aromatic N) is 4. The smallest absolute Gasteiger partial charge is 0.223 e. The predicted molar refractivity (Wildman–Crippen MR) is 90.2 cm³/mol. The summed E-state index contributed by atoms with van der Waals surface area (Å²) >= 11 is 0. The van der Waals surface area contributed by atoms with Gasteiger partial charge in [-0.1, -0.05) is 12.8 Å². The highest BCUT2D eigenvalue weighted by Gasteiger charge is 2.31. The minimum absolute atomic E-state index is 0.0123. The Kier molecular flexibility index (Phi) is 5.22. The Labute approximate surface area is 143 Å². The number of piperidine rings is 1. The molecule has 2 fully saturated rings. The molecule has 1 atom stereocenters. The topological polar surface area (TPSA) is 85.2 Å². The first-order valence-corrected chi connectivity index (χ1v) is 10.5. The Morgan fingerprint density at radius 1 is 1.25 bits per heavy atom. The maximum atomic E-state index is 12.5. The fourth-order valence-electron chi connectivity index (χ4n) is 3.88. The summed E-state index contributed by atoms with van der Waals surface area (Å²) < 4.78 is 26.5. The molecule has 1 amide bonds. The van der Waals surface area contributed by atoms with E-state index in [4.69, 9.17) is 0 Å². The van der Waals surface area contributed by atoms with Gasteiger partial charge in [-0.05, 0) is 25.7 Å². The summed E-state index contributed by atoms with van der Waals surface area (Å²) in [7, 11) is -1.22. The van der Waals surface area contributed by atoms with Crippen LogP contribution in [0, 0.1) is 0 Å². The maximum absolute atomic E-state index is 12.5. The fourth-order valence-corrected chi connectivity index (χ4v) is 5.72. The van der Waals surface area contributed by atoms with E-state index >= 15 is 0 Å². The molecule has 1 aliphatic carbocycles. The highest BCUT2D eigenvalue weighted by Crippen LogP contribution is 2.27. The molecule has 0 radical (unpaired) electrons. The van der Waals surface area contributed by atoms with Crippen molar-refractivity contribution in [1.29, 1.82) is 0 Å². The zero-order valence-corrected chi connectivity index (χ0v) is 15.0. The van der Waals surface area contributed by atoms with Crippen LogP contribution in [0.2, 0.25) is 0 Å². The monoisotopic (exact) mass is 354 g/mol. The van der Waals surface area contributed by atoms with Crippen LogP contribution in [0.15, 0.2) is 6.33 Å². The average molecular weight is 354 g/mol. The molecular formula is C16H26N4O3S. The van der Waals surface area contributed by atoms with Crippen LogP contribution >= 0.6 is 0 Å². The van der Waals surface area contributed by atoms with Gasteiger partial charge in [-0.3, -0.25) is 4.79 Å². The van der Waals surface area contributed by atoms with Gasteiger partial charge in [0.05, 0.1) is 11.0 Å². The van der Waals surface area contributed by atoms with Crippen molar-refractivity contribution in [3.63, 3.8) is 0 Å². The van der Waals surface area contributed by atoms with Crippen LogP contribution in [0.25, 0.3) is 0 Å². The Hall–Kier alpha value is -1.44. The first-order valence-electron chi connectivity index (χ1n) is 8.80. The van der Waals surface area contributed by atoms with Crippen molar-refractivity contribution in [3.8, 4) is 0 Å². The molecule has 0 spiro atoms. The normalized spacial score (nSPS) is 22.9. The molecule has 1 saturated carbocycles. The van der Waals surface area contributed by atoms with Gasteiger partial charge in [-0.15, -0.1) is 10.2 Å². The van der Waals surface area contributed by atoms with E-state index < -0.39 is 9.84 Å². The largest absolute Gasteiger partial charge is 0.342 e. The lowest BCUT2D eigenvalue weighted by molar-refractivity contribution is -0.132. The standard InChI is InChI=1S/C16H26N4O3S/c1-19-12-17-18-16(19)13-5-4-9-20(11-13)15(21)8-10-24(22,23)14-6-2-3-7-14/h12-14H,2-11H2,1H3/t13-/m0/s1. The number of aryl methyl sites for hydroxylation is 1. The van der Waals surface area contributed by atoms with Gasteiger partial charge in [0.1, 0.15) is 12.2 Å². The van der Waals surface area contributed by atoms with Crippen LogP contribution in [-0.2, 0) is 21.7 Å². The van der Waals surface area contributed by atoms with Gasteiger partial charge in [0.25, 0.3) is 0 Å². The average Bonchev–Trinajstić information content (AvgIpc) is 3.24. The number of carbonyl (C=O) groups is 1. The van der Waals surface area contributed by atoms with Crippen molar-refractivity contribution in [1.82, 2.24) is 19.7 Å². The van der Waals surface area contributed by atoms with Crippen LogP contribution in [0.1, 0.15) is 56.7 Å². The quantitative estimate of drug-likeness (QED) is 0.795. The molecule has 0 bridgehead atoms. The van der Waals surface area contributed by atoms with E-state index in [0.29, 0.717) is 13.1 Å². The molecular weight excluding hydrogens is 328 g/mol. The molecule has 134 valence electrons. The lowest BCUT2D eigenvalue weighted by atomic mass is 9.97. The summed E-state index contributed by atoms with van der Waals surface area (Å²) in [6.07, 6.45) is 7.17. The van der Waals surface area contributed by atoms with Crippen molar-refractivity contribution >= 4 is 15.7 Å². The highest BCUT2D eigenvalue weighted by atomic mass is 32.2. The zero-order chi connectivity index (χ0) is 17.2. The van der Waals surface area contributed by atoms with E-state index in [1.54, 1.807) is 11.2 Å². The summed E-state index contributed by atoms with van der Waals surface area (Å²) in [5.41, 5.74) is 0. The van der Waals surface area contributed by atoms with E-state index in [1.807, 2.05) is 11.6 Å². The summed E-state index contributed by atoms with van der Waals surface area (Å²) in [5.74, 6) is 1.01. The van der Waals surface area contributed by atoms with E-state index in [0.717, 1.165) is 44.3 Å². The molecule has 3 rings (SSSR count). The molecule has 1 aliphatic heterocycles. The van der Waals surface area contributed by atoms with Gasteiger partial charge in [0.2, 0.25) is 5.91 Å². The van der Waals surface area contributed by atoms with Gasteiger partial charge in [-0.2, -0.15) is 0 Å². The summed E-state index contributed by atoms with van der Waals surface area (Å²) in [6, 6.07) is 0. The van der Waals surface area contributed by atoms with Gasteiger partial charge < -0.3 is 9.47 Å². The summed E-state index contributed by atoms with van der Waals surface area (Å²) in [6.45, 7) is 1.31. The lowest BCUT2D eigenvalue weighted by Crippen LogP contribution is -2.40. The number of carbonyl (C=O) groups excluding carboxylic acids is 1. The number of rotatable bonds is 5. The number of aromatic nitrogens is 3. The molecule has 1 aromatic heterocycles. The number of likely N-dealkylation sites (tertiary alicyclic amines) is 1. The van der Waals surface area contributed by atoms with Gasteiger partial charge >= 0.3 is 0 Å². The van der Waals surface area contributed by atoms with E-state index in [9.17, 15) is 13.2 Å². The molecule has 0 unspecified atom stereocenters. The van der Waals surface area contributed by atoms with Crippen molar-refractivity contribution in [2.24, 2.45) is 7.05 Å². The van der Waals surface area contributed by atoms with E-state index in [1.165, 1.54) is 0 Å². The van der Waals surface area contributed by atoms with Gasteiger partial charge in [0, 0.05) is 32.5 Å². The van der Waals surface area contributed by atoms with Crippen LogP contribution < -0.4 is 0 Å². The number of sulfone groups is 1. The van der Waals surface area contributed by atoms with Crippen molar-refractivity contribution in [3.05, 3.63) is 12.2 Å². The molecule has 1 saturated heterocycles. The Morgan fingerprint density at radius 3 is 2.67 bits per heavy atom. The second-order valence-electron chi connectivity index (χ2n) is 7.00. The third-order valence-electron chi connectivity index (χ3n) is 5.30. The Bertz CT molecular complexity index is 679. The number of amides is 1. The van der Waals surface area contributed by atoms with Crippen molar-refractivity contribution in [2.45, 2.75) is 56.1 Å². The first kappa shape index (κ1) is 17.4. The second kappa shape index (κ2) is 7.21. The molecule has 8 heteroatoms. The number of hydrogen-bond acceptors (Lipinski definition) is 5. The van der Waals surface area contributed by atoms with Crippen molar-refractivity contribution in [2.75, 3.05) is 18.8 Å². The minimum Gasteiger partial charge on any atom is -0.342 e. The first-order chi connectivity index (χ1) is 11.5. The summed E-state index contributed by atoms with van der Waals surface area (Å²) in [5, 5.41) is 7.84. The van der Waals surface area contributed by atoms with E-state index in [2.05, 4.69) is 10.2 Å². The molecule has 0 N–H and O–H groups in total. The predicted octanol–water partition coefficient (Wildman–Crippen LogP) is 1.27. The fraction of sp³-hybridized carbons (Fsp3) is 0.812. The Morgan fingerprint density at radius 2 is 2.00 bits per heavy atom. The van der Waals surface area contributed by atoms with Crippen LogP contribution in [0.3, 0.4) is 0 Å². The molecule has 2 aliphatic rings. The van der Waals surface area contributed by atoms with Crippen LogP contribution in [0.4, 0.5) is 0 Å². The molecule has 7 nitrogen and oxygen atoms in total. The lowest BCUT2D eigenvalue weighted by Gasteiger charge is -2.32. The molecule has 0 aromatic carbocycles. The van der Waals surface area contributed by atoms with Gasteiger partial charge in [0.15, 0.2) is 9.84 Å². The van der Waals surface area contributed by atoms with Crippen molar-refractivity contribution < 1.29 is 13.2 Å².